The molecule has 2 aromatic rings. The Balaban J connectivity index is 2.10. The monoisotopic (exact) mass is 372 g/mol. The number of anilines is 2. The van der Waals surface area contributed by atoms with E-state index >= 15 is 0 Å². The van der Waals surface area contributed by atoms with E-state index in [1.807, 2.05) is 12.1 Å². The maximum Gasteiger partial charge on any atom is 0.226 e. The van der Waals surface area contributed by atoms with Crippen LogP contribution in [0.2, 0.25) is 0 Å². The average Bonchev–Trinajstić information content (AvgIpc) is 2.68. The first kappa shape index (κ1) is 20.1. The van der Waals surface area contributed by atoms with Gasteiger partial charge in [-0.15, -0.1) is 0 Å². The quantitative estimate of drug-likeness (QED) is 0.770. The maximum absolute atomic E-state index is 12.4. The molecule has 0 atom stereocenters. The molecule has 7 nitrogen and oxygen atoms in total. The van der Waals surface area contributed by atoms with Crippen molar-refractivity contribution < 1.29 is 23.8 Å². The topological polar surface area (TPSA) is 77.1 Å². The SMILES string of the molecule is COc1ccc(OC)c(NC(=O)CCN(C(C)=O)c2ccccc2OC)c1. The first-order valence-corrected chi connectivity index (χ1v) is 8.43. The van der Waals surface area contributed by atoms with Crippen molar-refractivity contribution in [3.05, 3.63) is 42.5 Å². The fourth-order valence-electron chi connectivity index (χ4n) is 2.64. The lowest BCUT2D eigenvalue weighted by Gasteiger charge is -2.23. The van der Waals surface area contributed by atoms with Crippen LogP contribution in [0.15, 0.2) is 42.5 Å². The van der Waals surface area contributed by atoms with Gasteiger partial charge in [0.15, 0.2) is 0 Å². The van der Waals surface area contributed by atoms with Crippen LogP contribution in [0.4, 0.5) is 11.4 Å². The van der Waals surface area contributed by atoms with Crippen molar-refractivity contribution in [1.82, 2.24) is 0 Å². The molecule has 0 heterocycles. The number of carbonyl (C=O) groups excluding carboxylic acids is 2. The van der Waals surface area contributed by atoms with Crippen LogP contribution in [0.3, 0.4) is 0 Å². The zero-order valence-electron chi connectivity index (χ0n) is 15.9. The Bertz CT molecular complexity index is 807. The molecule has 27 heavy (non-hydrogen) atoms. The number of carbonyl (C=O) groups is 2. The van der Waals surface area contributed by atoms with E-state index in [0.29, 0.717) is 28.6 Å². The molecule has 0 unspecified atom stereocenters. The first-order chi connectivity index (χ1) is 13.0. The van der Waals surface area contributed by atoms with E-state index in [-0.39, 0.29) is 24.8 Å². The molecule has 2 aromatic carbocycles. The minimum atomic E-state index is -0.247. The molecule has 1 N–H and O–H groups in total. The third-order valence-corrected chi connectivity index (χ3v) is 4.00. The van der Waals surface area contributed by atoms with Gasteiger partial charge in [0.1, 0.15) is 17.2 Å². The summed E-state index contributed by atoms with van der Waals surface area (Å²) in [4.78, 5) is 26.0. The Labute approximate surface area is 158 Å². The zero-order valence-corrected chi connectivity index (χ0v) is 15.9. The van der Waals surface area contributed by atoms with Crippen LogP contribution in [0.1, 0.15) is 13.3 Å². The highest BCUT2D eigenvalue weighted by Crippen LogP contribution is 2.30. The Kier molecular flexibility index (Phi) is 7.05. The molecule has 2 amide bonds. The minimum absolute atomic E-state index is 0.109. The molecule has 0 spiro atoms. The van der Waals surface area contributed by atoms with Crippen molar-refractivity contribution in [1.29, 1.82) is 0 Å². The van der Waals surface area contributed by atoms with Crippen molar-refractivity contribution in [2.24, 2.45) is 0 Å². The summed E-state index contributed by atoms with van der Waals surface area (Å²) in [5, 5.41) is 2.80. The van der Waals surface area contributed by atoms with Crippen molar-refractivity contribution in [3.8, 4) is 17.2 Å². The molecule has 0 radical (unpaired) electrons. The number of methoxy groups -OCH3 is 3. The minimum Gasteiger partial charge on any atom is -0.497 e. The van der Waals surface area contributed by atoms with Crippen LogP contribution in [0.5, 0.6) is 17.2 Å². The molecule has 0 saturated carbocycles. The molecule has 0 saturated heterocycles. The number of nitrogens with zero attached hydrogens (tertiary/aromatic N) is 1. The number of para-hydroxylation sites is 2. The Morgan fingerprint density at radius 2 is 1.67 bits per heavy atom. The lowest BCUT2D eigenvalue weighted by atomic mass is 10.2. The van der Waals surface area contributed by atoms with Gasteiger partial charge in [-0.3, -0.25) is 9.59 Å². The van der Waals surface area contributed by atoms with Gasteiger partial charge in [0.05, 0.1) is 32.7 Å². The normalized spacial score (nSPS) is 10.1. The largest absolute Gasteiger partial charge is 0.497 e. The van der Waals surface area contributed by atoms with Gasteiger partial charge in [-0.05, 0) is 24.3 Å². The van der Waals surface area contributed by atoms with E-state index in [9.17, 15) is 9.59 Å². The van der Waals surface area contributed by atoms with Crippen LogP contribution in [0.25, 0.3) is 0 Å². The van der Waals surface area contributed by atoms with Gasteiger partial charge in [-0.25, -0.2) is 0 Å². The van der Waals surface area contributed by atoms with Gasteiger partial charge < -0.3 is 24.4 Å². The summed E-state index contributed by atoms with van der Waals surface area (Å²) in [6.45, 7) is 1.67. The predicted octanol–water partition coefficient (Wildman–Crippen LogP) is 3.09. The molecule has 2 rings (SSSR count). The standard InChI is InChI=1S/C20H24N2O5/c1-14(23)22(17-7-5-6-8-19(17)27-4)12-11-20(24)21-16-13-15(25-2)9-10-18(16)26-3/h5-10,13H,11-12H2,1-4H3,(H,21,24). The van der Waals surface area contributed by atoms with Crippen LogP contribution >= 0.6 is 0 Å². The van der Waals surface area contributed by atoms with Gasteiger partial charge >= 0.3 is 0 Å². The van der Waals surface area contributed by atoms with Gasteiger partial charge in [0.2, 0.25) is 11.8 Å². The molecule has 0 bridgehead atoms. The van der Waals surface area contributed by atoms with Gasteiger partial charge in [-0.1, -0.05) is 12.1 Å². The van der Waals surface area contributed by atoms with Crippen LogP contribution in [0, 0.1) is 0 Å². The van der Waals surface area contributed by atoms with E-state index in [2.05, 4.69) is 5.32 Å². The fourth-order valence-corrected chi connectivity index (χ4v) is 2.64. The van der Waals surface area contributed by atoms with Crippen LogP contribution in [-0.2, 0) is 9.59 Å². The highest BCUT2D eigenvalue weighted by Gasteiger charge is 2.17. The number of ether oxygens (including phenoxy) is 3. The van der Waals surface area contributed by atoms with E-state index in [1.165, 1.54) is 18.9 Å². The third-order valence-electron chi connectivity index (χ3n) is 4.00. The molecule has 144 valence electrons. The van der Waals surface area contributed by atoms with Gasteiger partial charge in [-0.2, -0.15) is 0 Å². The lowest BCUT2D eigenvalue weighted by Crippen LogP contribution is -2.32. The van der Waals surface area contributed by atoms with E-state index in [4.69, 9.17) is 14.2 Å². The zero-order chi connectivity index (χ0) is 19.8. The van der Waals surface area contributed by atoms with Gasteiger partial charge in [0.25, 0.3) is 0 Å². The summed E-state index contributed by atoms with van der Waals surface area (Å²) in [7, 11) is 4.61. The Hall–Kier alpha value is -3.22. The number of amides is 2. The smallest absolute Gasteiger partial charge is 0.226 e. The second-order valence-corrected chi connectivity index (χ2v) is 5.71. The Morgan fingerprint density at radius 1 is 0.963 bits per heavy atom. The van der Waals surface area contributed by atoms with Crippen molar-refractivity contribution in [3.63, 3.8) is 0 Å². The number of hydrogen-bond acceptors (Lipinski definition) is 5. The molecule has 0 fully saturated rings. The summed E-state index contributed by atoms with van der Waals surface area (Å²) >= 11 is 0. The molecular formula is C20H24N2O5. The number of nitrogens with one attached hydrogen (secondary N) is 1. The molecule has 0 aliphatic rings. The highest BCUT2D eigenvalue weighted by molar-refractivity contribution is 5.96. The molecular weight excluding hydrogens is 348 g/mol. The molecule has 0 aromatic heterocycles. The van der Waals surface area contributed by atoms with Crippen LogP contribution in [-0.4, -0.2) is 39.7 Å². The van der Waals surface area contributed by atoms with Crippen LogP contribution < -0.4 is 24.4 Å². The average molecular weight is 372 g/mol. The molecule has 0 aliphatic heterocycles. The number of benzene rings is 2. The highest BCUT2D eigenvalue weighted by atomic mass is 16.5. The fraction of sp³-hybridized carbons (Fsp3) is 0.300. The summed E-state index contributed by atoms with van der Waals surface area (Å²) in [5.41, 5.74) is 1.13. The van der Waals surface area contributed by atoms with E-state index in [1.54, 1.807) is 44.6 Å². The third kappa shape index (κ3) is 5.13. The van der Waals surface area contributed by atoms with Gasteiger partial charge in [0, 0.05) is 26.0 Å². The number of rotatable bonds is 8. The second-order valence-electron chi connectivity index (χ2n) is 5.71. The lowest BCUT2D eigenvalue weighted by molar-refractivity contribution is -0.117. The predicted molar refractivity (Wildman–Crippen MR) is 104 cm³/mol. The molecule has 0 aliphatic carbocycles. The number of hydrogen-bond donors (Lipinski definition) is 1. The summed E-state index contributed by atoms with van der Waals surface area (Å²) in [6.07, 6.45) is 0.109. The summed E-state index contributed by atoms with van der Waals surface area (Å²) in [6, 6.07) is 12.3. The van der Waals surface area contributed by atoms with E-state index < -0.39 is 0 Å². The summed E-state index contributed by atoms with van der Waals surface area (Å²) < 4.78 is 15.7. The summed E-state index contributed by atoms with van der Waals surface area (Å²) in [5.74, 6) is 1.28. The maximum atomic E-state index is 12.4. The second kappa shape index (κ2) is 9.47. The van der Waals surface area contributed by atoms with E-state index in [0.717, 1.165) is 0 Å². The molecule has 7 heteroatoms. The Morgan fingerprint density at radius 3 is 2.30 bits per heavy atom. The van der Waals surface area contributed by atoms with Crippen molar-refractivity contribution >= 4 is 23.2 Å². The van der Waals surface area contributed by atoms with Crippen molar-refractivity contribution in [2.75, 3.05) is 38.1 Å². The van der Waals surface area contributed by atoms with Crippen molar-refractivity contribution in [2.45, 2.75) is 13.3 Å². The first-order valence-electron chi connectivity index (χ1n) is 8.43.